The van der Waals surface area contributed by atoms with Crippen LogP contribution in [0.3, 0.4) is 0 Å². The van der Waals surface area contributed by atoms with Crippen LogP contribution >= 0.6 is 0 Å². The summed E-state index contributed by atoms with van der Waals surface area (Å²) in [5, 5.41) is 12.0. The molecule has 1 N–H and O–H groups in total. The molecule has 3 aromatic carbocycles. The Morgan fingerprint density at radius 3 is 1.94 bits per heavy atom. The lowest BCUT2D eigenvalue weighted by Gasteiger charge is -2.42. The van der Waals surface area contributed by atoms with Crippen LogP contribution in [0.5, 0.6) is 0 Å². The summed E-state index contributed by atoms with van der Waals surface area (Å²) in [6.45, 7) is 7.26. The Balaban J connectivity index is 1.31. The van der Waals surface area contributed by atoms with Crippen LogP contribution in [-0.4, -0.2) is 35.4 Å². The van der Waals surface area contributed by atoms with Gasteiger partial charge in [-0.25, -0.2) is 0 Å². The summed E-state index contributed by atoms with van der Waals surface area (Å²) in [4.78, 5) is 15.1. The van der Waals surface area contributed by atoms with Crippen molar-refractivity contribution in [3.8, 4) is 0 Å². The van der Waals surface area contributed by atoms with E-state index in [1.807, 2.05) is 72.8 Å². The highest BCUT2D eigenvalue weighted by Crippen LogP contribution is 2.41. The SMILES string of the molecule is CC(C)Cc1ccc(C(=O)CCCN2CCC(C(O)(c3ccccc3)c3ccccc3)CC2)cc1. The summed E-state index contributed by atoms with van der Waals surface area (Å²) in [6.07, 6.45) is 4.38. The number of benzene rings is 3. The average molecular weight is 470 g/mol. The van der Waals surface area contributed by atoms with Crippen LogP contribution in [-0.2, 0) is 12.0 Å². The van der Waals surface area contributed by atoms with Crippen molar-refractivity contribution in [2.45, 2.75) is 51.6 Å². The number of hydrogen-bond donors (Lipinski definition) is 1. The monoisotopic (exact) mass is 469 g/mol. The number of carbonyl (C=O) groups is 1. The predicted molar refractivity (Wildman–Crippen MR) is 144 cm³/mol. The van der Waals surface area contributed by atoms with Crippen molar-refractivity contribution < 1.29 is 9.90 Å². The molecule has 1 heterocycles. The molecule has 0 radical (unpaired) electrons. The summed E-state index contributed by atoms with van der Waals surface area (Å²) in [5.41, 5.74) is 3.08. The molecule has 0 bridgehead atoms. The minimum absolute atomic E-state index is 0.162. The van der Waals surface area contributed by atoms with E-state index in [9.17, 15) is 9.90 Å². The number of ketones is 1. The molecule has 0 aliphatic carbocycles. The first-order chi connectivity index (χ1) is 17.0. The van der Waals surface area contributed by atoms with Crippen LogP contribution in [0.15, 0.2) is 84.9 Å². The summed E-state index contributed by atoms with van der Waals surface area (Å²) in [7, 11) is 0. The number of nitrogens with zero attached hydrogens (tertiary/aromatic N) is 1. The molecule has 4 rings (SSSR count). The fourth-order valence-electron chi connectivity index (χ4n) is 5.50. The number of hydrogen-bond acceptors (Lipinski definition) is 3. The Kier molecular flexibility index (Phi) is 8.54. The van der Waals surface area contributed by atoms with E-state index >= 15 is 0 Å². The second kappa shape index (κ2) is 11.8. The molecule has 0 aromatic heterocycles. The molecule has 184 valence electrons. The second-order valence-corrected chi connectivity index (χ2v) is 10.4. The van der Waals surface area contributed by atoms with Crippen molar-refractivity contribution in [3.63, 3.8) is 0 Å². The molecule has 0 spiro atoms. The second-order valence-electron chi connectivity index (χ2n) is 10.4. The highest BCUT2D eigenvalue weighted by atomic mass is 16.3. The first-order valence-corrected chi connectivity index (χ1v) is 13.1. The van der Waals surface area contributed by atoms with E-state index in [0.717, 1.165) is 62.0 Å². The Hall–Kier alpha value is -2.75. The van der Waals surface area contributed by atoms with Crippen molar-refractivity contribution in [3.05, 3.63) is 107 Å². The molecule has 3 aromatic rings. The number of carbonyl (C=O) groups excluding carboxylic acids is 1. The van der Waals surface area contributed by atoms with Crippen molar-refractivity contribution in [1.82, 2.24) is 4.90 Å². The molecule has 35 heavy (non-hydrogen) atoms. The number of aliphatic hydroxyl groups is 1. The minimum atomic E-state index is -0.980. The van der Waals surface area contributed by atoms with Crippen molar-refractivity contribution in [1.29, 1.82) is 0 Å². The van der Waals surface area contributed by atoms with Gasteiger partial charge in [0.2, 0.25) is 0 Å². The van der Waals surface area contributed by atoms with E-state index in [-0.39, 0.29) is 11.7 Å². The van der Waals surface area contributed by atoms with E-state index in [1.54, 1.807) is 0 Å². The molecule has 1 fully saturated rings. The molecule has 1 aliphatic rings. The molecule has 1 saturated heterocycles. The zero-order valence-corrected chi connectivity index (χ0v) is 21.2. The Labute approximate surface area is 210 Å². The third kappa shape index (κ3) is 6.28. The van der Waals surface area contributed by atoms with Crippen LogP contribution in [0.4, 0.5) is 0 Å². The maximum Gasteiger partial charge on any atom is 0.162 e. The average Bonchev–Trinajstić information content (AvgIpc) is 2.89. The molecule has 0 amide bonds. The molecular weight excluding hydrogens is 430 g/mol. The largest absolute Gasteiger partial charge is 0.380 e. The molecule has 0 atom stereocenters. The summed E-state index contributed by atoms with van der Waals surface area (Å²) >= 11 is 0. The zero-order valence-electron chi connectivity index (χ0n) is 21.2. The molecule has 0 unspecified atom stereocenters. The lowest BCUT2D eigenvalue weighted by molar-refractivity contribution is -0.0142. The highest BCUT2D eigenvalue weighted by Gasteiger charge is 2.41. The first-order valence-electron chi connectivity index (χ1n) is 13.1. The van der Waals surface area contributed by atoms with Gasteiger partial charge in [-0.05, 0) is 73.8 Å². The third-order valence-corrected chi connectivity index (χ3v) is 7.40. The lowest BCUT2D eigenvalue weighted by Crippen LogP contribution is -2.44. The molecule has 3 nitrogen and oxygen atoms in total. The van der Waals surface area contributed by atoms with Gasteiger partial charge in [0, 0.05) is 12.0 Å². The quantitative estimate of drug-likeness (QED) is 0.345. The molecule has 3 heteroatoms. The Morgan fingerprint density at radius 2 is 1.43 bits per heavy atom. The smallest absolute Gasteiger partial charge is 0.162 e. The molecule has 1 aliphatic heterocycles. The van der Waals surface area contributed by atoms with Crippen LogP contribution in [0.1, 0.15) is 66.6 Å². The van der Waals surface area contributed by atoms with Gasteiger partial charge in [-0.2, -0.15) is 0 Å². The number of likely N-dealkylation sites (tertiary alicyclic amines) is 1. The van der Waals surface area contributed by atoms with Gasteiger partial charge < -0.3 is 10.0 Å². The topological polar surface area (TPSA) is 40.5 Å². The highest BCUT2D eigenvalue weighted by molar-refractivity contribution is 5.96. The Morgan fingerprint density at radius 1 is 0.886 bits per heavy atom. The van der Waals surface area contributed by atoms with Crippen LogP contribution in [0.25, 0.3) is 0 Å². The number of rotatable bonds is 10. The maximum atomic E-state index is 12.7. The van der Waals surface area contributed by atoms with Crippen molar-refractivity contribution in [2.24, 2.45) is 11.8 Å². The van der Waals surface area contributed by atoms with Crippen molar-refractivity contribution in [2.75, 3.05) is 19.6 Å². The third-order valence-electron chi connectivity index (χ3n) is 7.40. The van der Waals surface area contributed by atoms with Gasteiger partial charge in [0.25, 0.3) is 0 Å². The predicted octanol–water partition coefficient (Wildman–Crippen LogP) is 6.50. The normalized spacial score (nSPS) is 15.4. The first kappa shape index (κ1) is 25.3. The summed E-state index contributed by atoms with van der Waals surface area (Å²) in [5.74, 6) is 1.02. The summed E-state index contributed by atoms with van der Waals surface area (Å²) in [6, 6.07) is 28.4. The fourth-order valence-corrected chi connectivity index (χ4v) is 5.50. The van der Waals surface area contributed by atoms with E-state index in [0.29, 0.717) is 12.3 Å². The van der Waals surface area contributed by atoms with Crippen LogP contribution < -0.4 is 0 Å². The fraction of sp³-hybridized carbons (Fsp3) is 0.406. The number of piperidine rings is 1. The minimum Gasteiger partial charge on any atom is -0.380 e. The maximum absolute atomic E-state index is 12.7. The van der Waals surface area contributed by atoms with Gasteiger partial charge in [0.15, 0.2) is 5.78 Å². The van der Waals surface area contributed by atoms with Crippen LogP contribution in [0.2, 0.25) is 0 Å². The Bertz CT molecular complexity index is 1010. The number of Topliss-reactive ketones (excluding diaryl/α,β-unsaturated/α-hetero) is 1. The van der Waals surface area contributed by atoms with E-state index in [4.69, 9.17) is 0 Å². The van der Waals surface area contributed by atoms with Gasteiger partial charge in [-0.3, -0.25) is 4.79 Å². The van der Waals surface area contributed by atoms with Gasteiger partial charge in [-0.15, -0.1) is 0 Å². The van der Waals surface area contributed by atoms with Crippen LogP contribution in [0, 0.1) is 11.8 Å². The van der Waals surface area contributed by atoms with E-state index < -0.39 is 5.60 Å². The van der Waals surface area contributed by atoms with Gasteiger partial charge in [0.05, 0.1) is 0 Å². The summed E-state index contributed by atoms with van der Waals surface area (Å²) < 4.78 is 0. The van der Waals surface area contributed by atoms with Crippen molar-refractivity contribution >= 4 is 5.78 Å². The molecule has 0 saturated carbocycles. The van der Waals surface area contributed by atoms with Gasteiger partial charge in [0.1, 0.15) is 5.60 Å². The standard InChI is InChI=1S/C32H39NO2/c1-25(2)24-26-15-17-27(18-16-26)31(34)14-9-21-33-22-19-30(20-23-33)32(35,28-10-5-3-6-11-28)29-12-7-4-8-13-29/h3-8,10-13,15-18,25,30,35H,9,14,19-24H2,1-2H3. The van der Waals surface area contributed by atoms with Gasteiger partial charge >= 0.3 is 0 Å². The lowest BCUT2D eigenvalue weighted by atomic mass is 9.72. The zero-order chi connectivity index (χ0) is 24.7. The van der Waals surface area contributed by atoms with E-state index in [2.05, 4.69) is 30.9 Å². The van der Waals surface area contributed by atoms with E-state index in [1.165, 1.54) is 5.56 Å². The van der Waals surface area contributed by atoms with Gasteiger partial charge in [-0.1, -0.05) is 98.8 Å². The molecular formula is C32H39NO2.